The van der Waals surface area contributed by atoms with Crippen LogP contribution in [0, 0.1) is 0 Å². The summed E-state index contributed by atoms with van der Waals surface area (Å²) >= 11 is 4.27. The summed E-state index contributed by atoms with van der Waals surface area (Å²) < 4.78 is 22.9. The Morgan fingerprint density at radius 2 is 1.79 bits per heavy atom. The van der Waals surface area contributed by atoms with E-state index in [2.05, 4.69) is 12.6 Å². The molecule has 1 unspecified atom stereocenters. The van der Waals surface area contributed by atoms with Crippen LogP contribution in [0.3, 0.4) is 0 Å². The van der Waals surface area contributed by atoms with Crippen molar-refractivity contribution in [3.63, 3.8) is 0 Å². The van der Waals surface area contributed by atoms with Crippen LogP contribution < -0.4 is 0 Å². The molecule has 0 heterocycles. The van der Waals surface area contributed by atoms with Gasteiger partial charge in [-0.1, -0.05) is 19.1 Å². The van der Waals surface area contributed by atoms with Crippen molar-refractivity contribution in [1.29, 1.82) is 0 Å². The Bertz CT molecular complexity index is 391. The maximum absolute atomic E-state index is 11.5. The second kappa shape index (κ2) is 4.36. The van der Waals surface area contributed by atoms with Crippen LogP contribution in [0.4, 0.5) is 0 Å². The Morgan fingerprint density at radius 1 is 1.29 bits per heavy atom. The number of sulfone groups is 1. The molecule has 1 rings (SSSR count). The van der Waals surface area contributed by atoms with Crippen molar-refractivity contribution < 1.29 is 8.42 Å². The lowest BCUT2D eigenvalue weighted by Crippen LogP contribution is -2.03. The topological polar surface area (TPSA) is 34.1 Å². The zero-order chi connectivity index (χ0) is 10.8. The van der Waals surface area contributed by atoms with Crippen LogP contribution in [0.15, 0.2) is 29.2 Å². The lowest BCUT2D eigenvalue weighted by molar-refractivity contribution is 0.597. The molecule has 0 radical (unpaired) electrons. The van der Waals surface area contributed by atoms with Crippen molar-refractivity contribution >= 4 is 22.5 Å². The molecule has 0 saturated carbocycles. The van der Waals surface area contributed by atoms with Crippen LogP contribution in [-0.4, -0.2) is 14.2 Å². The number of rotatable bonds is 3. The Hall–Kier alpha value is -0.480. The van der Waals surface area contributed by atoms with E-state index in [1.54, 1.807) is 31.2 Å². The van der Waals surface area contributed by atoms with Crippen LogP contribution in [0.2, 0.25) is 0 Å². The molecule has 14 heavy (non-hydrogen) atoms. The standard InChI is InChI=1S/C10H14O2S2/c1-3-14(11,12)10-6-4-9(5-7-10)8(2)13/h4-8,13H,3H2,1-2H3. The summed E-state index contributed by atoms with van der Waals surface area (Å²) in [5, 5.41) is 0.133. The van der Waals surface area contributed by atoms with Crippen LogP contribution in [-0.2, 0) is 9.84 Å². The first kappa shape index (κ1) is 11.6. The molecule has 78 valence electrons. The predicted molar refractivity (Wildman–Crippen MR) is 61.6 cm³/mol. The Labute approximate surface area is 90.7 Å². The van der Waals surface area contributed by atoms with Gasteiger partial charge in [0, 0.05) is 5.25 Å². The average Bonchev–Trinajstić information content (AvgIpc) is 2.18. The van der Waals surface area contributed by atoms with Gasteiger partial charge in [-0.25, -0.2) is 8.42 Å². The van der Waals surface area contributed by atoms with E-state index in [9.17, 15) is 8.42 Å². The highest BCUT2D eigenvalue weighted by molar-refractivity contribution is 7.91. The van der Waals surface area contributed by atoms with Crippen LogP contribution in [0.1, 0.15) is 24.7 Å². The van der Waals surface area contributed by atoms with E-state index in [0.717, 1.165) is 5.56 Å². The molecule has 0 fully saturated rings. The number of benzene rings is 1. The Kier molecular flexibility index (Phi) is 3.61. The molecule has 0 saturated heterocycles. The van der Waals surface area contributed by atoms with Gasteiger partial charge in [-0.3, -0.25) is 0 Å². The summed E-state index contributed by atoms with van der Waals surface area (Å²) in [5.41, 5.74) is 1.03. The molecule has 0 aliphatic rings. The van der Waals surface area contributed by atoms with E-state index < -0.39 is 9.84 Å². The van der Waals surface area contributed by atoms with Crippen molar-refractivity contribution in [2.75, 3.05) is 5.75 Å². The first-order chi connectivity index (χ1) is 6.47. The van der Waals surface area contributed by atoms with Gasteiger partial charge in [0.25, 0.3) is 0 Å². The van der Waals surface area contributed by atoms with E-state index in [1.165, 1.54) is 0 Å². The third kappa shape index (κ3) is 2.51. The average molecular weight is 230 g/mol. The highest BCUT2D eigenvalue weighted by Crippen LogP contribution is 2.20. The van der Waals surface area contributed by atoms with Crippen molar-refractivity contribution in [2.45, 2.75) is 24.0 Å². The van der Waals surface area contributed by atoms with Crippen LogP contribution in [0.5, 0.6) is 0 Å². The molecule has 1 aromatic carbocycles. The Balaban J connectivity index is 3.06. The van der Waals surface area contributed by atoms with Gasteiger partial charge in [-0.05, 0) is 24.6 Å². The van der Waals surface area contributed by atoms with Gasteiger partial charge in [0.15, 0.2) is 9.84 Å². The van der Waals surface area contributed by atoms with Gasteiger partial charge in [0.2, 0.25) is 0 Å². The molecule has 0 amide bonds. The SMILES string of the molecule is CCS(=O)(=O)c1ccc(C(C)S)cc1. The van der Waals surface area contributed by atoms with E-state index in [0.29, 0.717) is 4.90 Å². The van der Waals surface area contributed by atoms with Crippen molar-refractivity contribution in [2.24, 2.45) is 0 Å². The molecule has 4 heteroatoms. The van der Waals surface area contributed by atoms with Gasteiger partial charge in [0.1, 0.15) is 0 Å². The molecule has 0 spiro atoms. The van der Waals surface area contributed by atoms with Gasteiger partial charge < -0.3 is 0 Å². The summed E-state index contributed by atoms with van der Waals surface area (Å²) in [4.78, 5) is 0.387. The molecule has 0 aliphatic heterocycles. The first-order valence-electron chi connectivity index (χ1n) is 4.48. The first-order valence-corrected chi connectivity index (χ1v) is 6.65. The summed E-state index contributed by atoms with van der Waals surface area (Å²) in [7, 11) is -3.07. The third-order valence-corrected chi connectivity index (χ3v) is 4.15. The van der Waals surface area contributed by atoms with Gasteiger partial charge in [0.05, 0.1) is 10.6 Å². The highest BCUT2D eigenvalue weighted by Gasteiger charge is 2.11. The highest BCUT2D eigenvalue weighted by atomic mass is 32.2. The number of hydrogen-bond acceptors (Lipinski definition) is 3. The van der Waals surface area contributed by atoms with Gasteiger partial charge in [-0.15, -0.1) is 0 Å². The molecule has 2 nitrogen and oxygen atoms in total. The molecule has 1 atom stereocenters. The number of thiol groups is 1. The summed E-state index contributed by atoms with van der Waals surface area (Å²) in [6.07, 6.45) is 0. The third-order valence-electron chi connectivity index (χ3n) is 2.10. The zero-order valence-electron chi connectivity index (χ0n) is 8.27. The molecule has 1 aromatic rings. The van der Waals surface area contributed by atoms with Gasteiger partial charge >= 0.3 is 0 Å². The normalized spacial score (nSPS) is 13.9. The van der Waals surface area contributed by atoms with E-state index >= 15 is 0 Å². The van der Waals surface area contributed by atoms with Crippen molar-refractivity contribution in [3.8, 4) is 0 Å². The zero-order valence-corrected chi connectivity index (χ0v) is 9.98. The van der Waals surface area contributed by atoms with Crippen molar-refractivity contribution in [3.05, 3.63) is 29.8 Å². The minimum atomic E-state index is -3.07. The maximum Gasteiger partial charge on any atom is 0.178 e. The van der Waals surface area contributed by atoms with Crippen molar-refractivity contribution in [1.82, 2.24) is 0 Å². The summed E-state index contributed by atoms with van der Waals surface area (Å²) in [5.74, 6) is 0.142. The largest absolute Gasteiger partial charge is 0.224 e. The molecule has 0 N–H and O–H groups in total. The quantitative estimate of drug-likeness (QED) is 0.809. The summed E-state index contributed by atoms with van der Waals surface area (Å²) in [6, 6.07) is 6.89. The minimum absolute atomic E-state index is 0.133. The fourth-order valence-electron chi connectivity index (χ4n) is 1.12. The number of hydrogen-bond donors (Lipinski definition) is 1. The van der Waals surface area contributed by atoms with E-state index in [4.69, 9.17) is 0 Å². The molecular formula is C10H14O2S2. The fraction of sp³-hybridized carbons (Fsp3) is 0.400. The Morgan fingerprint density at radius 3 is 2.14 bits per heavy atom. The van der Waals surface area contributed by atoms with Crippen LogP contribution >= 0.6 is 12.6 Å². The minimum Gasteiger partial charge on any atom is -0.224 e. The molecule has 0 bridgehead atoms. The maximum atomic E-state index is 11.5. The lowest BCUT2D eigenvalue weighted by atomic mass is 10.2. The second-order valence-corrected chi connectivity index (χ2v) is 6.20. The molecular weight excluding hydrogens is 216 g/mol. The van der Waals surface area contributed by atoms with E-state index in [-0.39, 0.29) is 11.0 Å². The predicted octanol–water partition coefficient (Wildman–Crippen LogP) is 2.47. The second-order valence-electron chi connectivity index (χ2n) is 3.15. The smallest absolute Gasteiger partial charge is 0.178 e. The fourth-order valence-corrected chi connectivity index (χ4v) is 2.18. The van der Waals surface area contributed by atoms with Crippen LogP contribution in [0.25, 0.3) is 0 Å². The molecule has 0 aliphatic carbocycles. The van der Waals surface area contributed by atoms with Gasteiger partial charge in [-0.2, -0.15) is 12.6 Å². The van der Waals surface area contributed by atoms with E-state index in [1.807, 2.05) is 6.92 Å². The molecule has 0 aromatic heterocycles. The monoisotopic (exact) mass is 230 g/mol. The summed E-state index contributed by atoms with van der Waals surface area (Å²) in [6.45, 7) is 3.59. The lowest BCUT2D eigenvalue weighted by Gasteiger charge is -2.05.